The van der Waals surface area contributed by atoms with Crippen molar-refractivity contribution in [3.63, 3.8) is 0 Å². The van der Waals surface area contributed by atoms with Gasteiger partial charge >= 0.3 is 12.1 Å². The van der Waals surface area contributed by atoms with E-state index in [2.05, 4.69) is 0 Å². The van der Waals surface area contributed by atoms with Gasteiger partial charge in [-0.2, -0.15) is 0 Å². The Balaban J connectivity index is 4.17. The number of nitrogens with two attached hydrogens (primary N) is 1. The van der Waals surface area contributed by atoms with Crippen LogP contribution in [0.1, 0.15) is 12.8 Å². The molecule has 0 aliphatic rings. The predicted octanol–water partition coefficient (Wildman–Crippen LogP) is -1.11. The second-order valence-electron chi connectivity index (χ2n) is 2.41. The summed E-state index contributed by atoms with van der Waals surface area (Å²) in [5, 5.41) is 9.91. The normalized spacial score (nSPS) is 11.6. The van der Waals surface area contributed by atoms with Crippen LogP contribution in [0.2, 0.25) is 0 Å². The molecule has 0 aromatic heterocycles. The van der Waals surface area contributed by atoms with E-state index in [4.69, 9.17) is 10.9 Å². The fourth-order valence-corrected chi connectivity index (χ4v) is 0.774. The lowest BCUT2D eigenvalue weighted by atomic mass is 10.1. The molecule has 2 amide bonds. The molecule has 1 unspecified atom stereocenters. The number of nitrogens with one attached hydrogen (secondary N) is 2. The van der Waals surface area contributed by atoms with Gasteiger partial charge in [0.05, 0.1) is 0 Å². The number of hydrazine groups is 1. The minimum atomic E-state index is -1.91. The number of halogens is 1. The van der Waals surface area contributed by atoms with Gasteiger partial charge in [0, 0.05) is 6.42 Å². The van der Waals surface area contributed by atoms with Gasteiger partial charge < -0.3 is 10.4 Å². The van der Waals surface area contributed by atoms with Gasteiger partial charge in [0.2, 0.25) is 0 Å². The third kappa shape index (κ3) is 5.04. The summed E-state index contributed by atoms with van der Waals surface area (Å²) < 4.78 is 11.9. The van der Waals surface area contributed by atoms with Crippen molar-refractivity contribution in [3.8, 4) is 0 Å². The Hall–Kier alpha value is -1.70. The van der Waals surface area contributed by atoms with E-state index in [1.165, 1.54) is 0 Å². The molecule has 0 aromatic carbocycles. The molecule has 0 spiro atoms. The zero-order valence-electron chi connectivity index (χ0n) is 7.12. The van der Waals surface area contributed by atoms with Crippen molar-refractivity contribution in [2.75, 3.05) is 0 Å². The van der Waals surface area contributed by atoms with Gasteiger partial charge in [0.1, 0.15) is 6.04 Å². The Morgan fingerprint density at radius 1 is 1.43 bits per heavy atom. The molecule has 0 radical (unpaired) electrons. The van der Waals surface area contributed by atoms with Crippen molar-refractivity contribution in [1.82, 2.24) is 10.7 Å². The van der Waals surface area contributed by atoms with Crippen molar-refractivity contribution in [1.29, 1.82) is 0 Å². The van der Waals surface area contributed by atoms with E-state index < -0.39 is 24.1 Å². The largest absolute Gasteiger partial charge is 0.481 e. The van der Waals surface area contributed by atoms with E-state index in [1.807, 2.05) is 0 Å². The second-order valence-corrected chi connectivity index (χ2v) is 2.41. The third-order valence-electron chi connectivity index (χ3n) is 1.39. The van der Waals surface area contributed by atoms with E-state index >= 15 is 0 Å². The zero-order valence-corrected chi connectivity index (χ0v) is 7.12. The summed E-state index contributed by atoms with van der Waals surface area (Å²) in [7, 11) is 0. The first-order valence-electron chi connectivity index (χ1n) is 3.65. The van der Waals surface area contributed by atoms with Crippen LogP contribution in [0, 0.1) is 0 Å². The molecule has 0 rings (SSSR count). The van der Waals surface area contributed by atoms with Crippen LogP contribution in [0.25, 0.3) is 0 Å². The lowest BCUT2D eigenvalue weighted by Crippen LogP contribution is -2.48. The number of carbonyl (C=O) groups is 3. The van der Waals surface area contributed by atoms with Crippen LogP contribution < -0.4 is 16.6 Å². The first-order valence-corrected chi connectivity index (χ1v) is 3.65. The number of amides is 2. The van der Waals surface area contributed by atoms with Crippen molar-refractivity contribution >= 4 is 18.0 Å². The summed E-state index contributed by atoms with van der Waals surface area (Å²) in [5.74, 6) is 2.73. The van der Waals surface area contributed by atoms with Gasteiger partial charge in [-0.05, 0) is 6.42 Å². The van der Waals surface area contributed by atoms with Crippen molar-refractivity contribution in [2.45, 2.75) is 18.9 Å². The molecular weight excluding hydrogens is 197 g/mol. The van der Waals surface area contributed by atoms with Gasteiger partial charge in [0.15, 0.2) is 0 Å². The van der Waals surface area contributed by atoms with E-state index in [0.29, 0.717) is 0 Å². The summed E-state index contributed by atoms with van der Waals surface area (Å²) >= 11 is 0. The van der Waals surface area contributed by atoms with E-state index in [9.17, 15) is 18.8 Å². The highest BCUT2D eigenvalue weighted by Gasteiger charge is 2.20. The third-order valence-corrected chi connectivity index (χ3v) is 1.39. The molecule has 0 fully saturated rings. The first-order chi connectivity index (χ1) is 6.47. The molecule has 0 aliphatic carbocycles. The molecule has 80 valence electrons. The Bertz CT molecular complexity index is 245. The topological polar surface area (TPSA) is 122 Å². The molecule has 1 atom stereocenters. The fraction of sp³-hybridized carbons (Fsp3) is 0.500. The summed E-state index contributed by atoms with van der Waals surface area (Å²) in [6.07, 6.45) is -2.52. The standard InChI is InChI=1S/C6H10FN3O4/c7-6(14)9-3(5(13)10-8)1-2-4(11)12/h3H,1-2,8H2,(H,9,14)(H,10,13)(H,11,12). The molecule has 14 heavy (non-hydrogen) atoms. The Labute approximate surface area is 78.4 Å². The van der Waals surface area contributed by atoms with Crippen LogP contribution in [0.15, 0.2) is 0 Å². The number of carboxylic acid groups (broad SMARTS) is 1. The molecule has 0 aliphatic heterocycles. The number of rotatable bonds is 5. The van der Waals surface area contributed by atoms with Gasteiger partial charge in [-0.15, -0.1) is 4.39 Å². The quantitative estimate of drug-likeness (QED) is 0.150. The summed E-state index contributed by atoms with van der Waals surface area (Å²) in [6.45, 7) is 0. The average molecular weight is 207 g/mol. The van der Waals surface area contributed by atoms with Crippen molar-refractivity contribution in [2.24, 2.45) is 5.84 Å². The first kappa shape index (κ1) is 12.3. The molecule has 0 heterocycles. The monoisotopic (exact) mass is 207 g/mol. The molecule has 0 aromatic rings. The highest BCUT2D eigenvalue weighted by atomic mass is 19.1. The van der Waals surface area contributed by atoms with Gasteiger partial charge in [-0.25, -0.2) is 10.6 Å². The maximum absolute atomic E-state index is 11.9. The van der Waals surface area contributed by atoms with Crippen LogP contribution in [0.4, 0.5) is 9.18 Å². The molecule has 8 heteroatoms. The van der Waals surface area contributed by atoms with Crippen molar-refractivity contribution < 1.29 is 23.9 Å². The molecule has 5 N–H and O–H groups in total. The maximum atomic E-state index is 11.9. The van der Waals surface area contributed by atoms with Crippen molar-refractivity contribution in [3.05, 3.63) is 0 Å². The lowest BCUT2D eigenvalue weighted by molar-refractivity contribution is -0.137. The minimum absolute atomic E-state index is 0.228. The molecular formula is C6H10FN3O4. The number of aliphatic carboxylic acids is 1. The number of hydrogen-bond acceptors (Lipinski definition) is 4. The highest BCUT2D eigenvalue weighted by molar-refractivity contribution is 5.85. The highest BCUT2D eigenvalue weighted by Crippen LogP contribution is 1.98. The minimum Gasteiger partial charge on any atom is -0.481 e. The summed E-state index contributed by atoms with van der Waals surface area (Å²) in [4.78, 5) is 31.0. The summed E-state index contributed by atoms with van der Waals surface area (Å²) in [6, 6.07) is -1.27. The Morgan fingerprint density at radius 3 is 2.36 bits per heavy atom. The van der Waals surface area contributed by atoms with Gasteiger partial charge in [-0.1, -0.05) is 0 Å². The van der Waals surface area contributed by atoms with E-state index in [1.54, 1.807) is 10.7 Å². The van der Waals surface area contributed by atoms with Gasteiger partial charge in [0.25, 0.3) is 5.91 Å². The van der Waals surface area contributed by atoms with Crippen LogP contribution in [0.3, 0.4) is 0 Å². The zero-order chi connectivity index (χ0) is 11.1. The number of hydrogen-bond donors (Lipinski definition) is 4. The van der Waals surface area contributed by atoms with Crippen LogP contribution in [-0.2, 0) is 9.59 Å². The summed E-state index contributed by atoms with van der Waals surface area (Å²) in [5.41, 5.74) is 1.68. The molecule has 0 bridgehead atoms. The van der Waals surface area contributed by atoms with E-state index in [0.717, 1.165) is 0 Å². The predicted molar refractivity (Wildman–Crippen MR) is 42.6 cm³/mol. The SMILES string of the molecule is NNC(=O)C(CCC(=O)O)NC(=O)F. The second kappa shape index (κ2) is 5.86. The van der Waals surface area contributed by atoms with E-state index in [-0.39, 0.29) is 12.8 Å². The Morgan fingerprint density at radius 2 is 2.00 bits per heavy atom. The smallest absolute Gasteiger partial charge is 0.398 e. The molecule has 7 nitrogen and oxygen atoms in total. The van der Waals surface area contributed by atoms with Crippen LogP contribution >= 0.6 is 0 Å². The van der Waals surface area contributed by atoms with Crippen LogP contribution in [0.5, 0.6) is 0 Å². The fourth-order valence-electron chi connectivity index (χ4n) is 0.774. The average Bonchev–Trinajstić information content (AvgIpc) is 2.10. The molecule has 0 saturated heterocycles. The van der Waals surface area contributed by atoms with Crippen LogP contribution in [-0.4, -0.2) is 29.2 Å². The lowest BCUT2D eigenvalue weighted by Gasteiger charge is -2.12. The number of carboxylic acids is 1. The van der Waals surface area contributed by atoms with Gasteiger partial charge in [-0.3, -0.25) is 15.0 Å². The Kier molecular flexibility index (Phi) is 5.15. The number of carbonyl (C=O) groups excluding carboxylic acids is 2. The maximum Gasteiger partial charge on any atom is 0.398 e. The molecule has 0 saturated carbocycles.